The largest absolute Gasteiger partial charge is 0.382 e. The van der Waals surface area contributed by atoms with E-state index < -0.39 is 12.1 Å². The van der Waals surface area contributed by atoms with E-state index in [0.29, 0.717) is 11.8 Å². The minimum atomic E-state index is -1.07. The number of aliphatic hydroxyl groups is 1. The number of nitrogens with two attached hydrogens (primary N) is 1. The van der Waals surface area contributed by atoms with Crippen LogP contribution < -0.4 is 11.1 Å². The highest BCUT2D eigenvalue weighted by atomic mass is 16.3. The van der Waals surface area contributed by atoms with Gasteiger partial charge in [-0.3, -0.25) is 4.79 Å². The van der Waals surface area contributed by atoms with Crippen LogP contribution in [0.15, 0.2) is 0 Å². The Kier molecular flexibility index (Phi) is 9.03. The van der Waals surface area contributed by atoms with E-state index in [0.717, 1.165) is 19.3 Å². The van der Waals surface area contributed by atoms with Crippen LogP contribution in [0.2, 0.25) is 0 Å². The van der Waals surface area contributed by atoms with Gasteiger partial charge < -0.3 is 16.2 Å². The van der Waals surface area contributed by atoms with Crippen molar-refractivity contribution in [2.24, 2.45) is 17.6 Å². The Morgan fingerprint density at radius 1 is 1.18 bits per heavy atom. The number of rotatable bonds is 9. The molecule has 0 radical (unpaired) electrons. The average Bonchev–Trinajstić information content (AvgIpc) is 2.46. The molecule has 0 bridgehead atoms. The van der Waals surface area contributed by atoms with E-state index in [1.54, 1.807) is 0 Å². The third kappa shape index (κ3) is 7.59. The molecule has 130 valence electrons. The van der Waals surface area contributed by atoms with Crippen LogP contribution in [0.4, 0.5) is 0 Å². The summed E-state index contributed by atoms with van der Waals surface area (Å²) in [5, 5.41) is 13.0. The Morgan fingerprint density at radius 3 is 2.41 bits per heavy atom. The number of amides is 1. The highest BCUT2D eigenvalue weighted by molar-refractivity contribution is 5.81. The van der Waals surface area contributed by atoms with Crippen molar-refractivity contribution in [2.75, 3.05) is 0 Å². The van der Waals surface area contributed by atoms with Gasteiger partial charge in [-0.1, -0.05) is 58.8 Å². The second-order valence-corrected chi connectivity index (χ2v) is 7.58. The van der Waals surface area contributed by atoms with E-state index >= 15 is 0 Å². The van der Waals surface area contributed by atoms with Crippen molar-refractivity contribution < 1.29 is 9.90 Å². The quantitative estimate of drug-likeness (QED) is 0.612. The van der Waals surface area contributed by atoms with Gasteiger partial charge in [0.05, 0.1) is 0 Å². The Morgan fingerprint density at radius 2 is 1.82 bits per heavy atom. The summed E-state index contributed by atoms with van der Waals surface area (Å²) in [4.78, 5) is 12.1. The molecule has 4 heteroatoms. The van der Waals surface area contributed by atoms with Gasteiger partial charge in [0.25, 0.3) is 5.91 Å². The van der Waals surface area contributed by atoms with Crippen LogP contribution in [0.5, 0.6) is 0 Å². The zero-order valence-corrected chi connectivity index (χ0v) is 14.7. The predicted octanol–water partition coefficient (Wildman–Crippen LogP) is 2.98. The first-order chi connectivity index (χ1) is 10.4. The SMILES string of the molecule is CC(C)CCCC(C)NC(=O)C(O)[C@H](N)CC1CCCCC1. The lowest BCUT2D eigenvalue weighted by Crippen LogP contribution is -2.49. The fourth-order valence-electron chi connectivity index (χ4n) is 3.36. The lowest BCUT2D eigenvalue weighted by molar-refractivity contribution is -0.131. The predicted molar refractivity (Wildman–Crippen MR) is 91.5 cm³/mol. The van der Waals surface area contributed by atoms with Crippen LogP contribution in [0.25, 0.3) is 0 Å². The summed E-state index contributed by atoms with van der Waals surface area (Å²) < 4.78 is 0. The second kappa shape index (κ2) is 10.2. The van der Waals surface area contributed by atoms with Crippen molar-refractivity contribution in [3.8, 4) is 0 Å². The van der Waals surface area contributed by atoms with Crippen molar-refractivity contribution in [1.82, 2.24) is 5.32 Å². The second-order valence-electron chi connectivity index (χ2n) is 7.58. The van der Waals surface area contributed by atoms with Gasteiger partial charge in [0.1, 0.15) is 6.10 Å². The summed E-state index contributed by atoms with van der Waals surface area (Å²) in [5.74, 6) is 0.965. The van der Waals surface area contributed by atoms with Crippen molar-refractivity contribution in [2.45, 2.75) is 96.7 Å². The monoisotopic (exact) mass is 312 g/mol. The number of hydrogen-bond acceptors (Lipinski definition) is 3. The Balaban J connectivity index is 2.27. The smallest absolute Gasteiger partial charge is 0.250 e. The minimum Gasteiger partial charge on any atom is -0.382 e. The first-order valence-corrected chi connectivity index (χ1v) is 9.14. The minimum absolute atomic E-state index is 0.0998. The molecule has 0 heterocycles. The fraction of sp³-hybridized carbons (Fsp3) is 0.944. The van der Waals surface area contributed by atoms with Crippen molar-refractivity contribution in [3.05, 3.63) is 0 Å². The van der Waals surface area contributed by atoms with Crippen molar-refractivity contribution in [1.29, 1.82) is 0 Å². The van der Waals surface area contributed by atoms with Gasteiger partial charge in [-0.05, 0) is 31.6 Å². The topological polar surface area (TPSA) is 75.3 Å². The van der Waals surface area contributed by atoms with Crippen LogP contribution in [0.3, 0.4) is 0 Å². The van der Waals surface area contributed by atoms with Crippen molar-refractivity contribution >= 4 is 5.91 Å². The Labute approximate surface area is 136 Å². The standard InChI is InChI=1S/C18H36N2O2/c1-13(2)8-7-9-14(3)20-18(22)17(21)16(19)12-15-10-5-4-6-11-15/h13-17,21H,4-12,19H2,1-3H3,(H,20,22)/t14?,16-,17?/m1/s1. The molecule has 0 aliphatic heterocycles. The van der Waals surface area contributed by atoms with Crippen LogP contribution in [0.1, 0.15) is 78.6 Å². The number of carbonyl (C=O) groups excluding carboxylic acids is 1. The first-order valence-electron chi connectivity index (χ1n) is 9.14. The van der Waals surface area contributed by atoms with Crippen LogP contribution in [0, 0.1) is 11.8 Å². The molecule has 22 heavy (non-hydrogen) atoms. The van der Waals surface area contributed by atoms with E-state index in [2.05, 4.69) is 19.2 Å². The summed E-state index contributed by atoms with van der Waals surface area (Å²) in [6.45, 7) is 6.41. The van der Waals surface area contributed by atoms with Gasteiger partial charge >= 0.3 is 0 Å². The average molecular weight is 312 g/mol. The van der Waals surface area contributed by atoms with E-state index in [1.165, 1.54) is 38.5 Å². The molecule has 1 aliphatic carbocycles. The first kappa shape index (κ1) is 19.4. The Hall–Kier alpha value is -0.610. The molecule has 1 fully saturated rings. The number of carbonyl (C=O) groups is 1. The molecule has 0 aromatic rings. The summed E-state index contributed by atoms with van der Waals surface area (Å²) >= 11 is 0. The number of aliphatic hydroxyl groups excluding tert-OH is 1. The van der Waals surface area contributed by atoms with Gasteiger partial charge in [-0.25, -0.2) is 0 Å². The van der Waals surface area contributed by atoms with E-state index in [-0.39, 0.29) is 11.9 Å². The number of nitrogens with one attached hydrogen (secondary N) is 1. The summed E-state index contributed by atoms with van der Waals surface area (Å²) in [6, 6.07) is -0.339. The molecule has 1 rings (SSSR count). The maximum atomic E-state index is 12.1. The molecule has 1 aliphatic rings. The summed E-state index contributed by atoms with van der Waals surface area (Å²) in [7, 11) is 0. The van der Waals surface area contributed by atoms with Gasteiger partial charge in [-0.15, -0.1) is 0 Å². The van der Waals surface area contributed by atoms with Gasteiger partial charge in [0.2, 0.25) is 0 Å². The molecule has 0 aromatic heterocycles. The third-order valence-corrected chi connectivity index (χ3v) is 4.81. The van der Waals surface area contributed by atoms with Gasteiger partial charge in [0.15, 0.2) is 0 Å². The molecule has 4 nitrogen and oxygen atoms in total. The Bertz CT molecular complexity index is 314. The molecular formula is C18H36N2O2. The van der Waals surface area contributed by atoms with E-state index in [9.17, 15) is 9.90 Å². The van der Waals surface area contributed by atoms with Crippen LogP contribution in [-0.2, 0) is 4.79 Å². The van der Waals surface area contributed by atoms with E-state index in [4.69, 9.17) is 5.73 Å². The molecular weight excluding hydrogens is 276 g/mol. The lowest BCUT2D eigenvalue weighted by Gasteiger charge is -2.27. The highest BCUT2D eigenvalue weighted by Gasteiger charge is 2.27. The van der Waals surface area contributed by atoms with Gasteiger partial charge in [-0.2, -0.15) is 0 Å². The zero-order chi connectivity index (χ0) is 16.5. The van der Waals surface area contributed by atoms with Gasteiger partial charge in [0, 0.05) is 12.1 Å². The normalized spacial score (nSPS) is 20.6. The molecule has 2 unspecified atom stereocenters. The molecule has 4 N–H and O–H groups in total. The van der Waals surface area contributed by atoms with E-state index in [1.807, 2.05) is 6.92 Å². The lowest BCUT2D eigenvalue weighted by atomic mass is 9.84. The highest BCUT2D eigenvalue weighted by Crippen LogP contribution is 2.27. The number of hydrogen-bond donors (Lipinski definition) is 3. The molecule has 1 saturated carbocycles. The molecule has 1 amide bonds. The zero-order valence-electron chi connectivity index (χ0n) is 14.7. The van der Waals surface area contributed by atoms with Crippen molar-refractivity contribution in [3.63, 3.8) is 0 Å². The maximum absolute atomic E-state index is 12.1. The van der Waals surface area contributed by atoms with Crippen LogP contribution >= 0.6 is 0 Å². The summed E-state index contributed by atoms with van der Waals surface area (Å²) in [6.07, 6.45) is 9.11. The molecule has 3 atom stereocenters. The van der Waals surface area contributed by atoms with Crippen LogP contribution in [-0.4, -0.2) is 29.2 Å². The summed E-state index contributed by atoms with van der Waals surface area (Å²) in [5.41, 5.74) is 6.05. The maximum Gasteiger partial charge on any atom is 0.250 e. The fourth-order valence-corrected chi connectivity index (χ4v) is 3.36. The molecule has 0 spiro atoms. The molecule has 0 aromatic carbocycles. The third-order valence-electron chi connectivity index (χ3n) is 4.81. The molecule has 0 saturated heterocycles.